The predicted octanol–water partition coefficient (Wildman–Crippen LogP) is 4.40. The van der Waals surface area contributed by atoms with Gasteiger partial charge in [0.15, 0.2) is 0 Å². The summed E-state index contributed by atoms with van der Waals surface area (Å²) in [6.45, 7) is 0. The Morgan fingerprint density at radius 3 is 2.35 bits per heavy atom. The molecule has 0 aliphatic rings. The molecule has 4 aromatic rings. The Kier molecular flexibility index (Phi) is 4.11. The first kappa shape index (κ1) is 15.9. The molecule has 26 heavy (non-hydrogen) atoms. The monoisotopic (exact) mass is 343 g/mol. The van der Waals surface area contributed by atoms with E-state index in [2.05, 4.69) is 4.98 Å². The maximum atomic E-state index is 12.7. The predicted molar refractivity (Wildman–Crippen MR) is 101 cm³/mol. The van der Waals surface area contributed by atoms with E-state index in [0.29, 0.717) is 11.4 Å². The molecule has 5 nitrogen and oxygen atoms in total. The zero-order chi connectivity index (χ0) is 17.9. The molecule has 2 aromatic heterocycles. The van der Waals surface area contributed by atoms with E-state index in [4.69, 9.17) is 4.74 Å². The number of benzene rings is 2. The second-order valence-corrected chi connectivity index (χ2v) is 5.87. The average molecular weight is 343 g/mol. The van der Waals surface area contributed by atoms with E-state index in [9.17, 15) is 4.79 Å². The first-order chi connectivity index (χ1) is 12.7. The topological polar surface area (TPSA) is 46.8 Å². The van der Waals surface area contributed by atoms with Crippen LogP contribution in [0.4, 0.5) is 5.69 Å². The number of nitrogens with zero attached hydrogens (tertiary/aromatic N) is 3. The highest BCUT2D eigenvalue weighted by Crippen LogP contribution is 2.24. The van der Waals surface area contributed by atoms with E-state index < -0.39 is 0 Å². The second kappa shape index (κ2) is 6.72. The first-order valence-electron chi connectivity index (χ1n) is 8.25. The van der Waals surface area contributed by atoms with Gasteiger partial charge in [0, 0.05) is 25.1 Å². The van der Waals surface area contributed by atoms with Gasteiger partial charge in [0.25, 0.3) is 5.91 Å². The van der Waals surface area contributed by atoms with Crippen LogP contribution in [0.5, 0.6) is 11.5 Å². The number of hydrogen-bond acceptors (Lipinski definition) is 3. The lowest BCUT2D eigenvalue weighted by Crippen LogP contribution is -2.26. The average Bonchev–Trinajstić information content (AvgIpc) is 3.12. The van der Waals surface area contributed by atoms with Gasteiger partial charge in [-0.05, 0) is 48.5 Å². The van der Waals surface area contributed by atoms with E-state index in [0.717, 1.165) is 17.1 Å². The van der Waals surface area contributed by atoms with Crippen molar-refractivity contribution in [3.8, 4) is 11.5 Å². The van der Waals surface area contributed by atoms with E-state index in [-0.39, 0.29) is 5.91 Å². The fourth-order valence-electron chi connectivity index (χ4n) is 2.69. The van der Waals surface area contributed by atoms with Crippen LogP contribution in [-0.4, -0.2) is 22.3 Å². The van der Waals surface area contributed by atoms with Crippen LogP contribution in [-0.2, 0) is 0 Å². The molecule has 5 heteroatoms. The van der Waals surface area contributed by atoms with Crippen LogP contribution >= 0.6 is 0 Å². The number of rotatable bonds is 4. The number of pyridine rings is 1. The fourth-order valence-corrected chi connectivity index (χ4v) is 2.69. The molecule has 0 unspecified atom stereocenters. The van der Waals surface area contributed by atoms with Crippen LogP contribution in [0.2, 0.25) is 0 Å². The number of carbonyl (C=O) groups excluding carboxylic acids is 1. The van der Waals surface area contributed by atoms with Gasteiger partial charge >= 0.3 is 0 Å². The Labute approximate surface area is 151 Å². The Morgan fingerprint density at radius 1 is 0.923 bits per heavy atom. The smallest absolute Gasteiger partial charge is 0.278 e. The minimum absolute atomic E-state index is 0.162. The maximum absolute atomic E-state index is 12.7. The van der Waals surface area contributed by atoms with Gasteiger partial charge in [-0.1, -0.05) is 24.3 Å². The molecule has 0 saturated heterocycles. The quantitative estimate of drug-likeness (QED) is 0.552. The molecule has 0 fully saturated rings. The van der Waals surface area contributed by atoms with Gasteiger partial charge < -0.3 is 14.0 Å². The number of ether oxygens (including phenoxy) is 1. The number of para-hydroxylation sites is 1. The Morgan fingerprint density at radius 2 is 1.62 bits per heavy atom. The molecule has 4 rings (SSSR count). The molecular weight excluding hydrogens is 326 g/mol. The number of carbonyl (C=O) groups is 1. The molecule has 128 valence electrons. The summed E-state index contributed by atoms with van der Waals surface area (Å²) < 4.78 is 7.61. The zero-order valence-electron chi connectivity index (χ0n) is 14.2. The molecule has 0 saturated carbocycles. The van der Waals surface area contributed by atoms with Gasteiger partial charge in [0.05, 0.1) is 0 Å². The van der Waals surface area contributed by atoms with Crippen LogP contribution in [0.15, 0.2) is 85.2 Å². The molecule has 1 amide bonds. The molecule has 0 atom stereocenters. The summed E-state index contributed by atoms with van der Waals surface area (Å²) in [6.07, 6.45) is 3.61. The Bertz CT molecular complexity index is 1010. The van der Waals surface area contributed by atoms with Crippen molar-refractivity contribution in [2.24, 2.45) is 0 Å². The van der Waals surface area contributed by atoms with E-state index in [1.807, 2.05) is 83.4 Å². The van der Waals surface area contributed by atoms with Crippen molar-refractivity contribution < 1.29 is 9.53 Å². The third-order valence-electron chi connectivity index (χ3n) is 4.09. The minimum Gasteiger partial charge on any atom is -0.457 e. The highest BCUT2D eigenvalue weighted by Gasteiger charge is 2.17. The fraction of sp³-hybridized carbons (Fsp3) is 0.0476. The Hall–Kier alpha value is -3.60. The number of amides is 1. The van der Waals surface area contributed by atoms with E-state index in [1.165, 1.54) is 0 Å². The van der Waals surface area contributed by atoms with Crippen molar-refractivity contribution in [3.05, 3.63) is 90.9 Å². The van der Waals surface area contributed by atoms with E-state index in [1.54, 1.807) is 18.1 Å². The van der Waals surface area contributed by atoms with Crippen molar-refractivity contribution in [1.29, 1.82) is 0 Å². The molecule has 0 radical (unpaired) electrons. The van der Waals surface area contributed by atoms with Crippen molar-refractivity contribution in [1.82, 2.24) is 9.38 Å². The van der Waals surface area contributed by atoms with Gasteiger partial charge in [-0.15, -0.1) is 0 Å². The zero-order valence-corrected chi connectivity index (χ0v) is 14.2. The molecule has 2 aromatic carbocycles. The largest absolute Gasteiger partial charge is 0.457 e. The van der Waals surface area contributed by atoms with Crippen molar-refractivity contribution in [2.45, 2.75) is 0 Å². The molecule has 0 spiro atoms. The lowest BCUT2D eigenvalue weighted by Gasteiger charge is -2.16. The highest BCUT2D eigenvalue weighted by molar-refractivity contribution is 6.04. The summed E-state index contributed by atoms with van der Waals surface area (Å²) in [6, 6.07) is 22.6. The van der Waals surface area contributed by atoms with Crippen molar-refractivity contribution >= 4 is 17.2 Å². The summed E-state index contributed by atoms with van der Waals surface area (Å²) in [5.74, 6) is 1.33. The third kappa shape index (κ3) is 3.15. The first-order valence-corrected chi connectivity index (χ1v) is 8.25. The summed E-state index contributed by atoms with van der Waals surface area (Å²) in [4.78, 5) is 18.7. The van der Waals surface area contributed by atoms with Gasteiger partial charge in [-0.2, -0.15) is 0 Å². The Balaban J connectivity index is 1.52. The van der Waals surface area contributed by atoms with E-state index >= 15 is 0 Å². The lowest BCUT2D eigenvalue weighted by atomic mass is 10.2. The molecule has 2 heterocycles. The van der Waals surface area contributed by atoms with Crippen LogP contribution < -0.4 is 9.64 Å². The summed E-state index contributed by atoms with van der Waals surface area (Å²) >= 11 is 0. The summed E-state index contributed by atoms with van der Waals surface area (Å²) in [5.41, 5.74) is 1.92. The normalized spacial score (nSPS) is 10.7. The molecule has 0 aliphatic heterocycles. The minimum atomic E-state index is -0.162. The lowest BCUT2D eigenvalue weighted by molar-refractivity contribution is 0.0989. The summed E-state index contributed by atoms with van der Waals surface area (Å²) in [5, 5.41) is 0. The van der Waals surface area contributed by atoms with Gasteiger partial charge in [-0.3, -0.25) is 4.79 Å². The van der Waals surface area contributed by atoms with Gasteiger partial charge in [0.1, 0.15) is 22.8 Å². The van der Waals surface area contributed by atoms with Crippen molar-refractivity contribution in [3.63, 3.8) is 0 Å². The second-order valence-electron chi connectivity index (χ2n) is 5.87. The van der Waals surface area contributed by atoms with Crippen LogP contribution in [0.25, 0.3) is 5.65 Å². The third-order valence-corrected chi connectivity index (χ3v) is 4.09. The highest BCUT2D eigenvalue weighted by atomic mass is 16.5. The number of fused-ring (bicyclic) bond motifs is 1. The summed E-state index contributed by atoms with van der Waals surface area (Å²) in [7, 11) is 1.74. The van der Waals surface area contributed by atoms with Crippen LogP contribution in [0.3, 0.4) is 0 Å². The molecule has 0 N–H and O–H groups in total. The molecular formula is C21H17N3O2. The van der Waals surface area contributed by atoms with Crippen LogP contribution in [0.1, 0.15) is 10.5 Å². The SMILES string of the molecule is CN(C(=O)c1cn2ccccc2n1)c1ccc(Oc2ccccc2)cc1. The maximum Gasteiger partial charge on any atom is 0.278 e. The standard InChI is InChI=1S/C21H17N3O2/c1-23(21(25)19-15-24-14-6-5-9-20(24)22-19)16-10-12-18(13-11-16)26-17-7-3-2-4-8-17/h2-15H,1H3. The number of aromatic nitrogens is 2. The number of anilines is 1. The van der Waals surface area contributed by atoms with Crippen LogP contribution in [0, 0.1) is 0 Å². The van der Waals surface area contributed by atoms with Gasteiger partial charge in [0.2, 0.25) is 0 Å². The number of imidazole rings is 1. The van der Waals surface area contributed by atoms with Gasteiger partial charge in [-0.25, -0.2) is 4.98 Å². The molecule has 0 aliphatic carbocycles. The van der Waals surface area contributed by atoms with Crippen molar-refractivity contribution in [2.75, 3.05) is 11.9 Å². The molecule has 0 bridgehead atoms. The number of hydrogen-bond donors (Lipinski definition) is 0.